The molecule has 3 rings (SSSR count). The van der Waals surface area contributed by atoms with E-state index in [0.717, 1.165) is 0 Å². The third kappa shape index (κ3) is 6.54. The van der Waals surface area contributed by atoms with Gasteiger partial charge >= 0.3 is 24.4 Å². The smallest absolute Gasteiger partial charge is 0.416 e. The maximum atomic E-state index is 13.1. The van der Waals surface area contributed by atoms with Crippen LogP contribution in [0.1, 0.15) is 36.6 Å². The molecule has 1 aliphatic heterocycles. The van der Waals surface area contributed by atoms with Gasteiger partial charge in [0, 0.05) is 24.1 Å². The molecule has 2 aromatic rings. The number of hydrogen-bond donors (Lipinski definition) is 3. The van der Waals surface area contributed by atoms with Crippen molar-refractivity contribution < 1.29 is 40.7 Å². The second-order valence-electron chi connectivity index (χ2n) is 8.16. The first-order valence-corrected chi connectivity index (χ1v) is 11.4. The van der Waals surface area contributed by atoms with Gasteiger partial charge in [-0.15, -0.1) is 0 Å². The highest BCUT2D eigenvalue weighted by molar-refractivity contribution is 7.80. The Bertz CT molecular complexity index is 1260. The number of esters is 1. The van der Waals surface area contributed by atoms with Crippen LogP contribution in [0.25, 0.3) is 0 Å². The van der Waals surface area contributed by atoms with E-state index >= 15 is 0 Å². The van der Waals surface area contributed by atoms with Gasteiger partial charge in [-0.05, 0) is 62.0 Å². The van der Waals surface area contributed by atoms with Crippen molar-refractivity contribution in [3.63, 3.8) is 0 Å². The largest absolute Gasteiger partial charge is 0.463 e. The number of rotatable bonds is 5. The minimum absolute atomic E-state index is 0.0395. The predicted molar refractivity (Wildman–Crippen MR) is 131 cm³/mol. The van der Waals surface area contributed by atoms with Gasteiger partial charge in [-0.2, -0.15) is 26.3 Å². The van der Waals surface area contributed by atoms with Gasteiger partial charge in [0.2, 0.25) is 0 Å². The Morgan fingerprint density at radius 3 is 2.13 bits per heavy atom. The van der Waals surface area contributed by atoms with Crippen molar-refractivity contribution in [1.82, 2.24) is 10.2 Å². The quantitative estimate of drug-likeness (QED) is 0.234. The highest BCUT2D eigenvalue weighted by Crippen LogP contribution is 2.38. The number of benzene rings is 2. The number of hydrogen-bond acceptors (Lipinski definition) is 4. The average molecular weight is 561 g/mol. The van der Waals surface area contributed by atoms with Crippen molar-refractivity contribution in [3.05, 3.63) is 70.4 Å². The maximum absolute atomic E-state index is 13.1. The molecular formula is C24H22F6N4O3S. The summed E-state index contributed by atoms with van der Waals surface area (Å²) < 4.78 is 83.8. The van der Waals surface area contributed by atoms with E-state index in [4.69, 9.17) is 17.0 Å². The topological polar surface area (TPSA) is 82.7 Å². The number of nitrogens with one attached hydrogen (secondary N) is 3. The number of allylic oxidation sites excluding steroid dienone is 1. The van der Waals surface area contributed by atoms with E-state index in [0.29, 0.717) is 28.5 Å². The average Bonchev–Trinajstić information content (AvgIpc) is 2.81. The second kappa shape index (κ2) is 10.9. The third-order valence-corrected chi connectivity index (χ3v) is 5.96. The molecule has 0 aliphatic carbocycles. The molecule has 0 radical (unpaired) electrons. The molecule has 1 unspecified atom stereocenters. The maximum Gasteiger partial charge on any atom is 0.416 e. The first-order valence-electron chi connectivity index (χ1n) is 11.0. The fraction of sp³-hybridized carbons (Fsp3) is 0.292. The molecule has 2 aromatic carbocycles. The van der Waals surface area contributed by atoms with Gasteiger partial charge in [0.25, 0.3) is 0 Å². The van der Waals surface area contributed by atoms with Crippen molar-refractivity contribution in [1.29, 1.82) is 0 Å². The van der Waals surface area contributed by atoms with Crippen LogP contribution < -0.4 is 16.0 Å². The first kappa shape index (κ1) is 28.8. The molecule has 204 valence electrons. The van der Waals surface area contributed by atoms with Crippen molar-refractivity contribution in [2.75, 3.05) is 24.3 Å². The molecular weight excluding hydrogens is 538 g/mol. The Hall–Kier alpha value is -3.81. The van der Waals surface area contributed by atoms with Gasteiger partial charge in [-0.1, -0.05) is 12.1 Å². The van der Waals surface area contributed by atoms with Gasteiger partial charge in [0.05, 0.1) is 29.3 Å². The lowest BCUT2D eigenvalue weighted by molar-refractivity contribution is -0.143. The van der Waals surface area contributed by atoms with E-state index in [-0.39, 0.29) is 23.9 Å². The number of carbonyl (C=O) groups excluding carboxylic acids is 2. The molecule has 14 heteroatoms. The molecule has 2 amide bonds. The molecule has 0 bridgehead atoms. The molecule has 1 heterocycles. The SMILES string of the molecule is CCOC(=O)C1=C(C)N(C)C(=S)NC1c1cccc(NC(=O)Nc2cc(C(F)(F)F)cc(C(F)(F)F)c2)c1. The number of nitrogens with zero attached hydrogens (tertiary/aromatic N) is 1. The summed E-state index contributed by atoms with van der Waals surface area (Å²) in [6, 6.07) is 5.03. The Labute approximate surface area is 218 Å². The summed E-state index contributed by atoms with van der Waals surface area (Å²) in [5.74, 6) is -0.585. The molecule has 0 spiro atoms. The summed E-state index contributed by atoms with van der Waals surface area (Å²) in [6.07, 6.45) is -10.1. The fourth-order valence-electron chi connectivity index (χ4n) is 3.68. The monoisotopic (exact) mass is 560 g/mol. The van der Waals surface area contributed by atoms with Gasteiger partial charge in [0.15, 0.2) is 5.11 Å². The number of urea groups is 1. The van der Waals surface area contributed by atoms with Gasteiger partial charge in [0.1, 0.15) is 0 Å². The summed E-state index contributed by atoms with van der Waals surface area (Å²) in [5.41, 5.74) is -2.39. The molecule has 0 saturated heterocycles. The van der Waals surface area contributed by atoms with Crippen LogP contribution >= 0.6 is 12.2 Å². The second-order valence-corrected chi connectivity index (χ2v) is 8.55. The van der Waals surface area contributed by atoms with E-state index < -0.39 is 47.2 Å². The first-order chi connectivity index (χ1) is 17.6. The van der Waals surface area contributed by atoms with E-state index in [1.807, 2.05) is 5.32 Å². The molecule has 3 N–H and O–H groups in total. The number of anilines is 2. The lowest BCUT2D eigenvalue weighted by Gasteiger charge is -2.35. The van der Waals surface area contributed by atoms with E-state index in [2.05, 4.69) is 10.6 Å². The van der Waals surface area contributed by atoms with Crippen molar-refractivity contribution >= 4 is 40.7 Å². The Kier molecular flexibility index (Phi) is 8.24. The summed E-state index contributed by atoms with van der Waals surface area (Å²) in [4.78, 5) is 26.8. The van der Waals surface area contributed by atoms with Gasteiger partial charge in [-0.3, -0.25) is 0 Å². The van der Waals surface area contributed by atoms with Crippen LogP contribution in [-0.4, -0.2) is 35.7 Å². The molecule has 38 heavy (non-hydrogen) atoms. The lowest BCUT2D eigenvalue weighted by Crippen LogP contribution is -2.46. The summed E-state index contributed by atoms with van der Waals surface area (Å²) in [5, 5.41) is 7.71. The van der Waals surface area contributed by atoms with Gasteiger partial charge in [-0.25, -0.2) is 9.59 Å². The molecule has 0 aromatic heterocycles. The third-order valence-electron chi connectivity index (χ3n) is 5.57. The lowest BCUT2D eigenvalue weighted by atomic mass is 9.95. The summed E-state index contributed by atoms with van der Waals surface area (Å²) in [7, 11) is 1.67. The number of alkyl halides is 6. The summed E-state index contributed by atoms with van der Waals surface area (Å²) in [6.45, 7) is 3.47. The zero-order valence-corrected chi connectivity index (χ0v) is 21.0. The van der Waals surface area contributed by atoms with E-state index in [1.54, 1.807) is 31.9 Å². The Morgan fingerprint density at radius 1 is 1.00 bits per heavy atom. The highest BCUT2D eigenvalue weighted by Gasteiger charge is 2.37. The Morgan fingerprint density at radius 2 is 1.58 bits per heavy atom. The number of halogens is 6. The molecule has 1 atom stereocenters. The highest BCUT2D eigenvalue weighted by atomic mass is 32.1. The number of carbonyl (C=O) groups is 2. The molecule has 1 aliphatic rings. The van der Waals surface area contributed by atoms with Crippen molar-refractivity contribution in [2.45, 2.75) is 32.2 Å². The molecule has 0 fully saturated rings. The van der Waals surface area contributed by atoms with Crippen LogP contribution in [0.3, 0.4) is 0 Å². The van der Waals surface area contributed by atoms with Crippen LogP contribution in [0.2, 0.25) is 0 Å². The zero-order valence-electron chi connectivity index (χ0n) is 20.2. The van der Waals surface area contributed by atoms with Crippen LogP contribution in [0.4, 0.5) is 42.5 Å². The van der Waals surface area contributed by atoms with E-state index in [9.17, 15) is 35.9 Å². The standard InChI is InChI=1S/C24H22F6N4O3S/c1-4-37-20(35)18-12(2)34(3)22(38)33-19(18)13-6-5-7-16(8-13)31-21(36)32-17-10-14(23(25,26)27)9-15(11-17)24(28,29)30/h5-11,19H,4H2,1-3H3,(H,33,38)(H2,31,32,36). The van der Waals surface area contributed by atoms with Crippen LogP contribution in [0.15, 0.2) is 53.7 Å². The molecule has 0 saturated carbocycles. The predicted octanol–water partition coefficient (Wildman–Crippen LogP) is 6.07. The van der Waals surface area contributed by atoms with Crippen LogP contribution in [0, 0.1) is 0 Å². The number of amides is 2. The number of thiocarbonyl (C=S) groups is 1. The Balaban J connectivity index is 1.88. The van der Waals surface area contributed by atoms with Crippen molar-refractivity contribution in [2.24, 2.45) is 0 Å². The normalized spacial score (nSPS) is 16.2. The fourth-order valence-corrected chi connectivity index (χ4v) is 3.93. The summed E-state index contributed by atoms with van der Waals surface area (Å²) >= 11 is 5.32. The zero-order chi connectivity index (χ0) is 28.4. The minimum atomic E-state index is -5.06. The van der Waals surface area contributed by atoms with Crippen LogP contribution in [-0.2, 0) is 21.9 Å². The van der Waals surface area contributed by atoms with E-state index in [1.165, 1.54) is 18.2 Å². The molecule has 7 nitrogen and oxygen atoms in total. The number of ether oxygens (including phenoxy) is 1. The minimum Gasteiger partial charge on any atom is -0.463 e. The van der Waals surface area contributed by atoms with Crippen LogP contribution in [0.5, 0.6) is 0 Å². The van der Waals surface area contributed by atoms with Gasteiger partial charge < -0.3 is 25.6 Å². The van der Waals surface area contributed by atoms with Crippen molar-refractivity contribution in [3.8, 4) is 0 Å².